The monoisotopic (exact) mass is 403 g/mol. The van der Waals surface area contributed by atoms with E-state index in [-0.39, 0.29) is 5.54 Å². The van der Waals surface area contributed by atoms with Gasteiger partial charge in [-0.2, -0.15) is 0 Å². The van der Waals surface area contributed by atoms with Crippen LogP contribution in [0.2, 0.25) is 0 Å². The number of aliphatic imine (C=N–C) groups is 1. The summed E-state index contributed by atoms with van der Waals surface area (Å²) in [7, 11) is 6.15. The fourth-order valence-corrected chi connectivity index (χ4v) is 4.07. The minimum absolute atomic E-state index is 0.115. The molecule has 0 aliphatic carbocycles. The van der Waals surface area contributed by atoms with Crippen LogP contribution < -0.4 is 10.6 Å². The molecule has 0 aromatic heterocycles. The lowest BCUT2D eigenvalue weighted by Gasteiger charge is -2.43. The molecule has 162 valence electrons. The number of hydrogen-bond acceptors (Lipinski definition) is 5. The fraction of sp³-hybridized carbons (Fsp3) is 0.682. The zero-order valence-electron chi connectivity index (χ0n) is 18.2. The fourth-order valence-electron chi connectivity index (χ4n) is 4.07. The van der Waals surface area contributed by atoms with Gasteiger partial charge in [0.2, 0.25) is 0 Å². The van der Waals surface area contributed by atoms with Gasteiger partial charge < -0.3 is 25.0 Å². The first-order valence-corrected chi connectivity index (χ1v) is 10.7. The number of benzene rings is 1. The Kier molecular flexibility index (Phi) is 8.29. The Balaban J connectivity index is 1.55. The Hall–Kier alpha value is -1.67. The average Bonchev–Trinajstić information content (AvgIpc) is 2.76. The Bertz CT molecular complexity index is 652. The number of nitrogens with one attached hydrogen (secondary N) is 2. The molecule has 2 N–H and O–H groups in total. The molecule has 1 aromatic carbocycles. The van der Waals surface area contributed by atoms with Gasteiger partial charge in [-0.1, -0.05) is 24.3 Å². The average molecular weight is 404 g/mol. The highest BCUT2D eigenvalue weighted by Crippen LogP contribution is 2.25. The molecule has 7 heteroatoms. The second-order valence-corrected chi connectivity index (χ2v) is 8.17. The number of morpholine rings is 1. The summed E-state index contributed by atoms with van der Waals surface area (Å²) in [5.41, 5.74) is 2.80. The second-order valence-electron chi connectivity index (χ2n) is 8.17. The number of rotatable bonds is 7. The first kappa shape index (κ1) is 22.0. The van der Waals surface area contributed by atoms with Gasteiger partial charge in [0.1, 0.15) is 0 Å². The molecule has 2 aliphatic heterocycles. The van der Waals surface area contributed by atoms with E-state index in [1.54, 1.807) is 0 Å². The van der Waals surface area contributed by atoms with Crippen molar-refractivity contribution in [2.75, 3.05) is 67.2 Å². The Morgan fingerprint density at radius 3 is 2.34 bits per heavy atom. The van der Waals surface area contributed by atoms with Gasteiger partial charge in [-0.3, -0.25) is 9.89 Å². The van der Waals surface area contributed by atoms with Gasteiger partial charge in [-0.05, 0) is 38.1 Å². The van der Waals surface area contributed by atoms with E-state index >= 15 is 0 Å². The molecule has 0 unspecified atom stereocenters. The Morgan fingerprint density at radius 2 is 1.69 bits per heavy atom. The van der Waals surface area contributed by atoms with Crippen molar-refractivity contribution in [3.05, 3.63) is 35.4 Å². The first-order valence-electron chi connectivity index (χ1n) is 10.7. The van der Waals surface area contributed by atoms with Crippen LogP contribution in [-0.4, -0.2) is 88.5 Å². The number of nitrogens with zero attached hydrogens (tertiary/aromatic N) is 3. The zero-order chi connectivity index (χ0) is 20.5. The highest BCUT2D eigenvalue weighted by molar-refractivity contribution is 5.79. The van der Waals surface area contributed by atoms with Crippen molar-refractivity contribution >= 4 is 5.96 Å². The van der Waals surface area contributed by atoms with E-state index in [1.165, 1.54) is 11.1 Å². The first-order chi connectivity index (χ1) is 14.1. The van der Waals surface area contributed by atoms with Gasteiger partial charge in [0.15, 0.2) is 5.96 Å². The lowest BCUT2D eigenvalue weighted by molar-refractivity contribution is -0.00501. The SMILES string of the molecule is CN=C(NCc1ccccc1CN1CCOCC1)NCC1(N(C)C)CCOCC1. The van der Waals surface area contributed by atoms with Gasteiger partial charge in [-0.15, -0.1) is 0 Å². The van der Waals surface area contributed by atoms with Crippen LogP contribution in [0.3, 0.4) is 0 Å². The summed E-state index contributed by atoms with van der Waals surface area (Å²) in [5.74, 6) is 0.846. The minimum Gasteiger partial charge on any atom is -0.381 e. The normalized spacial score (nSPS) is 20.6. The molecule has 7 nitrogen and oxygen atoms in total. The topological polar surface area (TPSA) is 61.4 Å². The van der Waals surface area contributed by atoms with E-state index in [0.29, 0.717) is 0 Å². The van der Waals surface area contributed by atoms with Crippen molar-refractivity contribution in [3.63, 3.8) is 0 Å². The quantitative estimate of drug-likeness (QED) is 0.529. The van der Waals surface area contributed by atoms with Crippen LogP contribution in [0, 0.1) is 0 Å². The van der Waals surface area contributed by atoms with E-state index in [4.69, 9.17) is 9.47 Å². The van der Waals surface area contributed by atoms with Crippen LogP contribution in [0.4, 0.5) is 0 Å². The summed E-state index contributed by atoms with van der Waals surface area (Å²) < 4.78 is 11.1. The van der Waals surface area contributed by atoms with E-state index in [9.17, 15) is 0 Å². The molecule has 0 amide bonds. The third-order valence-corrected chi connectivity index (χ3v) is 6.24. The van der Waals surface area contributed by atoms with Crippen LogP contribution in [0.1, 0.15) is 24.0 Å². The molecule has 2 heterocycles. The highest BCUT2D eigenvalue weighted by atomic mass is 16.5. The van der Waals surface area contributed by atoms with Crippen LogP contribution in [-0.2, 0) is 22.6 Å². The summed E-state index contributed by atoms with van der Waals surface area (Å²) in [5, 5.41) is 7.05. The Labute approximate surface area is 175 Å². The molecular formula is C22H37N5O2. The molecule has 1 aromatic rings. The zero-order valence-corrected chi connectivity index (χ0v) is 18.2. The summed E-state index contributed by atoms with van der Waals surface area (Å²) in [4.78, 5) is 9.23. The van der Waals surface area contributed by atoms with Gasteiger partial charge in [0.05, 0.1) is 13.2 Å². The summed E-state index contributed by atoms with van der Waals surface area (Å²) in [6.07, 6.45) is 2.07. The second kappa shape index (κ2) is 10.9. The third kappa shape index (κ3) is 6.15. The van der Waals surface area contributed by atoms with Crippen LogP contribution in [0.5, 0.6) is 0 Å². The van der Waals surface area contributed by atoms with E-state index < -0.39 is 0 Å². The van der Waals surface area contributed by atoms with Gasteiger partial charge in [0.25, 0.3) is 0 Å². The molecular weight excluding hydrogens is 366 g/mol. The van der Waals surface area contributed by atoms with Gasteiger partial charge in [0, 0.05) is 58.5 Å². The summed E-state index contributed by atoms with van der Waals surface area (Å²) in [6.45, 7) is 7.89. The van der Waals surface area contributed by atoms with Gasteiger partial charge >= 0.3 is 0 Å². The number of hydrogen-bond donors (Lipinski definition) is 2. The maximum atomic E-state index is 5.58. The maximum absolute atomic E-state index is 5.58. The lowest BCUT2D eigenvalue weighted by atomic mass is 9.88. The van der Waals surface area contributed by atoms with Crippen molar-refractivity contribution < 1.29 is 9.47 Å². The predicted molar refractivity (Wildman–Crippen MR) is 117 cm³/mol. The molecule has 0 spiro atoms. The molecule has 0 radical (unpaired) electrons. The van der Waals surface area contributed by atoms with Crippen molar-refractivity contribution in [2.45, 2.75) is 31.5 Å². The van der Waals surface area contributed by atoms with E-state index in [2.05, 4.69) is 63.8 Å². The third-order valence-electron chi connectivity index (χ3n) is 6.24. The number of ether oxygens (including phenoxy) is 2. The number of likely N-dealkylation sites (N-methyl/N-ethyl adjacent to an activating group) is 1. The predicted octanol–water partition coefficient (Wildman–Crippen LogP) is 1.29. The number of guanidine groups is 1. The van der Waals surface area contributed by atoms with E-state index in [1.807, 2.05) is 7.05 Å². The molecule has 29 heavy (non-hydrogen) atoms. The molecule has 3 rings (SSSR count). The van der Waals surface area contributed by atoms with Crippen molar-refractivity contribution in [3.8, 4) is 0 Å². The molecule has 2 fully saturated rings. The van der Waals surface area contributed by atoms with Crippen molar-refractivity contribution in [1.82, 2.24) is 20.4 Å². The highest BCUT2D eigenvalue weighted by Gasteiger charge is 2.34. The van der Waals surface area contributed by atoms with E-state index in [0.717, 1.165) is 78.0 Å². The smallest absolute Gasteiger partial charge is 0.191 e. The van der Waals surface area contributed by atoms with Gasteiger partial charge in [-0.25, -0.2) is 0 Å². The Morgan fingerprint density at radius 1 is 1.03 bits per heavy atom. The summed E-state index contributed by atoms with van der Waals surface area (Å²) >= 11 is 0. The van der Waals surface area contributed by atoms with Crippen LogP contribution >= 0.6 is 0 Å². The van der Waals surface area contributed by atoms with Crippen molar-refractivity contribution in [2.24, 2.45) is 4.99 Å². The lowest BCUT2D eigenvalue weighted by Crippen LogP contribution is -2.57. The summed E-state index contributed by atoms with van der Waals surface area (Å²) in [6, 6.07) is 8.67. The van der Waals surface area contributed by atoms with Crippen LogP contribution in [0.25, 0.3) is 0 Å². The minimum atomic E-state index is 0.115. The molecule has 0 saturated carbocycles. The van der Waals surface area contributed by atoms with Crippen molar-refractivity contribution in [1.29, 1.82) is 0 Å². The molecule has 0 atom stereocenters. The largest absolute Gasteiger partial charge is 0.381 e. The molecule has 0 bridgehead atoms. The van der Waals surface area contributed by atoms with Crippen LogP contribution in [0.15, 0.2) is 29.3 Å². The standard InChI is InChI=1S/C22H37N5O2/c1-23-21(25-18-22(26(2)3)8-12-28-13-9-22)24-16-19-6-4-5-7-20(19)17-27-10-14-29-15-11-27/h4-7H,8-18H2,1-3H3,(H2,23,24,25). The maximum Gasteiger partial charge on any atom is 0.191 e. The molecule has 2 aliphatic rings. The molecule has 2 saturated heterocycles.